The third-order valence-corrected chi connectivity index (χ3v) is 4.06. The largest absolute Gasteiger partial charge is 0.503 e. The van der Waals surface area contributed by atoms with Crippen LogP contribution in [0.1, 0.15) is 28.2 Å². The molecule has 0 saturated carbocycles. The van der Waals surface area contributed by atoms with Gasteiger partial charge in [0.05, 0.1) is 18.7 Å². The minimum Gasteiger partial charge on any atom is -0.503 e. The molecule has 0 fully saturated rings. The number of rotatable bonds is 5. The van der Waals surface area contributed by atoms with Crippen molar-refractivity contribution in [1.29, 1.82) is 0 Å². The van der Waals surface area contributed by atoms with Crippen molar-refractivity contribution in [2.45, 2.75) is 26.2 Å². The number of methoxy groups -OCH3 is 1. The summed E-state index contributed by atoms with van der Waals surface area (Å²) < 4.78 is 5.07. The predicted molar refractivity (Wildman–Crippen MR) is 89.1 cm³/mol. The number of carboxylic acid groups (broad SMARTS) is 1. The first-order valence-electron chi connectivity index (χ1n) is 7.28. The van der Waals surface area contributed by atoms with Gasteiger partial charge in [-0.2, -0.15) is 0 Å². The number of hydrogen-bond acceptors (Lipinski definition) is 4. The summed E-state index contributed by atoms with van der Waals surface area (Å²) in [6.07, 6.45) is 0.263. The lowest BCUT2D eigenvalue weighted by atomic mass is 9.90. The van der Waals surface area contributed by atoms with Crippen molar-refractivity contribution in [1.82, 2.24) is 0 Å². The van der Waals surface area contributed by atoms with E-state index in [2.05, 4.69) is 0 Å². The molecule has 0 saturated heterocycles. The van der Waals surface area contributed by atoms with Crippen LogP contribution in [0.2, 0.25) is 0 Å². The van der Waals surface area contributed by atoms with E-state index in [0.29, 0.717) is 5.56 Å². The number of phenols is 1. The lowest BCUT2D eigenvalue weighted by molar-refractivity contribution is -0.138. The average Bonchev–Trinajstić information content (AvgIpc) is 2.50. The van der Waals surface area contributed by atoms with E-state index >= 15 is 0 Å². The van der Waals surface area contributed by atoms with Gasteiger partial charge in [-0.25, -0.2) is 0 Å². The van der Waals surface area contributed by atoms with Gasteiger partial charge in [0, 0.05) is 0 Å². The maximum atomic E-state index is 11.7. The summed E-state index contributed by atoms with van der Waals surface area (Å²) in [4.78, 5) is 11.7. The number of nitrogen functional groups attached to an aromatic ring is 1. The van der Waals surface area contributed by atoms with Gasteiger partial charge >= 0.3 is 5.97 Å². The lowest BCUT2D eigenvalue weighted by Crippen LogP contribution is -2.15. The summed E-state index contributed by atoms with van der Waals surface area (Å²) >= 11 is 0. The molecule has 0 heterocycles. The van der Waals surface area contributed by atoms with Gasteiger partial charge in [-0.3, -0.25) is 4.79 Å². The molecule has 2 rings (SSSR count). The highest BCUT2D eigenvalue weighted by molar-refractivity contribution is 5.77. The Kier molecular flexibility index (Phi) is 4.79. The Balaban J connectivity index is 2.39. The molecule has 0 amide bonds. The number of phenolic OH excluding ortho intramolecular Hbond substituents is 1. The molecule has 2 aromatic carbocycles. The number of benzene rings is 2. The molecular weight excluding hydrogens is 294 g/mol. The molecule has 4 N–H and O–H groups in total. The van der Waals surface area contributed by atoms with Gasteiger partial charge in [0.15, 0.2) is 11.5 Å². The number of aliphatic carboxylic acids is 1. The normalized spacial score (nSPS) is 12.0. The van der Waals surface area contributed by atoms with E-state index in [1.807, 2.05) is 32.0 Å². The molecule has 5 heteroatoms. The van der Waals surface area contributed by atoms with E-state index < -0.39 is 11.9 Å². The van der Waals surface area contributed by atoms with Crippen molar-refractivity contribution in [3.8, 4) is 11.5 Å². The van der Waals surface area contributed by atoms with Crippen molar-refractivity contribution >= 4 is 11.7 Å². The molecule has 0 spiro atoms. The first kappa shape index (κ1) is 16.7. The fourth-order valence-corrected chi connectivity index (χ4v) is 2.53. The Morgan fingerprint density at radius 1 is 1.22 bits per heavy atom. The van der Waals surface area contributed by atoms with Crippen molar-refractivity contribution in [2.75, 3.05) is 12.8 Å². The fraction of sp³-hybridized carbons (Fsp3) is 0.278. The highest BCUT2D eigenvalue weighted by Gasteiger charge is 2.22. The Labute approximate surface area is 135 Å². The summed E-state index contributed by atoms with van der Waals surface area (Å²) in [6, 6.07) is 8.85. The Morgan fingerprint density at radius 3 is 2.48 bits per heavy atom. The van der Waals surface area contributed by atoms with E-state index in [1.54, 1.807) is 12.1 Å². The number of nitrogens with two attached hydrogens (primary N) is 1. The van der Waals surface area contributed by atoms with Gasteiger partial charge in [0.2, 0.25) is 0 Å². The highest BCUT2D eigenvalue weighted by atomic mass is 16.5. The van der Waals surface area contributed by atoms with Gasteiger partial charge in [-0.1, -0.05) is 18.2 Å². The first-order chi connectivity index (χ1) is 10.8. The number of aryl methyl sites for hydroxylation is 2. The van der Waals surface area contributed by atoms with Crippen molar-refractivity contribution < 1.29 is 19.7 Å². The van der Waals surface area contributed by atoms with Gasteiger partial charge < -0.3 is 20.7 Å². The minimum atomic E-state index is -0.904. The molecule has 5 nitrogen and oxygen atoms in total. The zero-order chi connectivity index (χ0) is 17.1. The molecule has 23 heavy (non-hydrogen) atoms. The van der Waals surface area contributed by atoms with Crippen LogP contribution in [0.15, 0.2) is 30.3 Å². The molecule has 1 unspecified atom stereocenters. The zero-order valence-corrected chi connectivity index (χ0v) is 13.5. The number of anilines is 1. The van der Waals surface area contributed by atoms with Gasteiger partial charge in [-0.05, 0) is 54.7 Å². The van der Waals surface area contributed by atoms with E-state index in [9.17, 15) is 15.0 Å². The Bertz CT molecular complexity index is 740. The Morgan fingerprint density at radius 2 is 1.91 bits per heavy atom. The SMILES string of the molecule is COc1cc(CC(C(=O)O)c2ccc(C)c(C)c2)cc(N)c1O. The Hall–Kier alpha value is -2.69. The minimum absolute atomic E-state index is 0.130. The second-order valence-electron chi connectivity index (χ2n) is 5.67. The maximum Gasteiger partial charge on any atom is 0.311 e. The zero-order valence-electron chi connectivity index (χ0n) is 13.5. The van der Waals surface area contributed by atoms with Crippen molar-refractivity contribution in [2.24, 2.45) is 0 Å². The molecule has 0 radical (unpaired) electrons. The smallest absolute Gasteiger partial charge is 0.311 e. The van der Waals surface area contributed by atoms with Crippen LogP contribution in [0.5, 0.6) is 11.5 Å². The summed E-state index contributed by atoms with van der Waals surface area (Å²) in [5.41, 5.74) is 9.53. The van der Waals surface area contributed by atoms with Crippen LogP contribution >= 0.6 is 0 Å². The second kappa shape index (κ2) is 6.60. The first-order valence-corrected chi connectivity index (χ1v) is 7.28. The molecular formula is C18H21NO4. The average molecular weight is 315 g/mol. The monoisotopic (exact) mass is 315 g/mol. The van der Waals surface area contributed by atoms with Crippen molar-refractivity contribution in [3.63, 3.8) is 0 Å². The number of hydrogen-bond donors (Lipinski definition) is 3. The van der Waals surface area contributed by atoms with Crippen LogP contribution in [0.4, 0.5) is 5.69 Å². The molecule has 122 valence electrons. The topological polar surface area (TPSA) is 92.8 Å². The van der Waals surface area contributed by atoms with E-state index in [1.165, 1.54) is 7.11 Å². The molecule has 2 aromatic rings. The standard InChI is InChI=1S/C18H21NO4/c1-10-4-5-13(6-11(10)2)14(18(21)22)7-12-8-15(19)17(20)16(9-12)23-3/h4-6,8-9,14,20H,7,19H2,1-3H3,(H,21,22). The van der Waals surface area contributed by atoms with Crippen LogP contribution < -0.4 is 10.5 Å². The van der Waals surface area contributed by atoms with Gasteiger partial charge in [-0.15, -0.1) is 0 Å². The van der Waals surface area contributed by atoms with Gasteiger partial charge in [0.25, 0.3) is 0 Å². The van der Waals surface area contributed by atoms with Gasteiger partial charge in [0.1, 0.15) is 0 Å². The fourth-order valence-electron chi connectivity index (χ4n) is 2.53. The van der Waals surface area contributed by atoms with E-state index in [0.717, 1.165) is 16.7 Å². The van der Waals surface area contributed by atoms with Crippen LogP contribution in [0.25, 0.3) is 0 Å². The molecule has 0 aliphatic rings. The summed E-state index contributed by atoms with van der Waals surface area (Å²) in [5, 5.41) is 19.4. The predicted octanol–water partition coefficient (Wildman–Crippen LogP) is 3.01. The highest BCUT2D eigenvalue weighted by Crippen LogP contribution is 2.35. The maximum absolute atomic E-state index is 11.7. The molecule has 0 bridgehead atoms. The van der Waals surface area contributed by atoms with Crippen LogP contribution in [-0.4, -0.2) is 23.3 Å². The summed E-state index contributed by atoms with van der Waals surface area (Å²) in [6.45, 7) is 3.94. The number of aromatic hydroxyl groups is 1. The number of ether oxygens (including phenoxy) is 1. The number of carboxylic acids is 1. The second-order valence-corrected chi connectivity index (χ2v) is 5.67. The summed E-state index contributed by atoms with van der Waals surface area (Å²) in [7, 11) is 1.43. The van der Waals surface area contributed by atoms with Crippen LogP contribution in [-0.2, 0) is 11.2 Å². The van der Waals surface area contributed by atoms with Crippen molar-refractivity contribution in [3.05, 3.63) is 52.6 Å². The van der Waals surface area contributed by atoms with E-state index in [-0.39, 0.29) is 23.6 Å². The quantitative estimate of drug-likeness (QED) is 0.582. The third kappa shape index (κ3) is 3.56. The lowest BCUT2D eigenvalue weighted by Gasteiger charge is -2.16. The van der Waals surface area contributed by atoms with Crippen LogP contribution in [0, 0.1) is 13.8 Å². The summed E-state index contributed by atoms with van der Waals surface area (Å²) in [5.74, 6) is -1.49. The molecule has 1 atom stereocenters. The molecule has 0 aromatic heterocycles. The molecule has 0 aliphatic heterocycles. The number of carbonyl (C=O) groups is 1. The van der Waals surface area contributed by atoms with Crippen LogP contribution in [0.3, 0.4) is 0 Å². The molecule has 0 aliphatic carbocycles. The van der Waals surface area contributed by atoms with E-state index in [4.69, 9.17) is 10.5 Å². The third-order valence-electron chi connectivity index (χ3n) is 4.06.